The first-order valence-electron chi connectivity index (χ1n) is 9.12. The normalized spacial score (nSPS) is 15.1. The fourth-order valence-electron chi connectivity index (χ4n) is 3.52. The minimum atomic E-state index is -0.436. The van der Waals surface area contributed by atoms with Crippen LogP contribution in [0.25, 0.3) is 11.3 Å². The van der Waals surface area contributed by atoms with Crippen LogP contribution in [0.5, 0.6) is 0 Å². The number of pyridine rings is 1. The Labute approximate surface area is 168 Å². The first-order chi connectivity index (χ1) is 13.6. The Morgan fingerprint density at radius 2 is 2.07 bits per heavy atom. The number of benzene rings is 1. The summed E-state index contributed by atoms with van der Waals surface area (Å²) in [5.74, 6) is 0.740. The van der Waals surface area contributed by atoms with Crippen molar-refractivity contribution in [3.8, 4) is 11.3 Å². The third-order valence-corrected chi connectivity index (χ3v) is 5.34. The van der Waals surface area contributed by atoms with Gasteiger partial charge in [-0.1, -0.05) is 28.9 Å². The molecule has 1 fully saturated rings. The van der Waals surface area contributed by atoms with Gasteiger partial charge in [0, 0.05) is 49.2 Å². The van der Waals surface area contributed by atoms with Crippen LogP contribution in [-0.4, -0.2) is 41.1 Å². The number of aromatic nitrogens is 2. The van der Waals surface area contributed by atoms with Crippen molar-refractivity contribution in [2.75, 3.05) is 20.1 Å². The van der Waals surface area contributed by atoms with E-state index < -0.39 is 5.41 Å². The fourth-order valence-corrected chi connectivity index (χ4v) is 3.65. The number of amides is 1. The highest BCUT2D eigenvalue weighted by atomic mass is 35.5. The van der Waals surface area contributed by atoms with E-state index in [9.17, 15) is 4.79 Å². The molecule has 1 aliphatic heterocycles. The van der Waals surface area contributed by atoms with Gasteiger partial charge in [-0.15, -0.1) is 0 Å². The van der Waals surface area contributed by atoms with Crippen LogP contribution in [0.15, 0.2) is 59.4 Å². The highest BCUT2D eigenvalue weighted by Gasteiger charge is 2.45. The predicted molar refractivity (Wildman–Crippen MR) is 107 cm³/mol. The van der Waals surface area contributed by atoms with Crippen molar-refractivity contribution >= 4 is 17.5 Å². The molecule has 1 amide bonds. The van der Waals surface area contributed by atoms with Crippen LogP contribution in [0, 0.1) is 5.41 Å². The zero-order chi connectivity index (χ0) is 19.6. The third-order valence-electron chi connectivity index (χ3n) is 5.09. The molecule has 1 N–H and O–H groups in total. The van der Waals surface area contributed by atoms with Crippen LogP contribution in [0.3, 0.4) is 0 Å². The predicted octanol–water partition coefficient (Wildman–Crippen LogP) is 3.18. The van der Waals surface area contributed by atoms with Crippen LogP contribution in [0.1, 0.15) is 11.3 Å². The summed E-state index contributed by atoms with van der Waals surface area (Å²) in [5.41, 5.74) is 2.26. The largest absolute Gasteiger partial charge is 0.359 e. The summed E-state index contributed by atoms with van der Waals surface area (Å²) in [5, 5.41) is 8.03. The molecule has 0 atom stereocenters. The van der Waals surface area contributed by atoms with Gasteiger partial charge in [-0.3, -0.25) is 9.78 Å². The SMILES string of the molecule is CN(Cc1cc(-c2cccnc2)no1)C(=O)C1(Cc2ccc(Cl)cc2)CNC1. The van der Waals surface area contributed by atoms with Crippen molar-refractivity contribution in [1.82, 2.24) is 20.4 Å². The van der Waals surface area contributed by atoms with Gasteiger partial charge in [0.05, 0.1) is 12.0 Å². The van der Waals surface area contributed by atoms with E-state index in [0.717, 1.165) is 11.1 Å². The second kappa shape index (κ2) is 7.73. The third kappa shape index (κ3) is 3.79. The van der Waals surface area contributed by atoms with Crippen LogP contribution in [-0.2, 0) is 17.8 Å². The molecule has 0 saturated carbocycles. The monoisotopic (exact) mass is 396 g/mol. The molecule has 1 aromatic carbocycles. The average Bonchev–Trinajstić information content (AvgIpc) is 3.15. The highest BCUT2D eigenvalue weighted by molar-refractivity contribution is 6.30. The maximum absolute atomic E-state index is 13.2. The molecule has 0 radical (unpaired) electrons. The van der Waals surface area contributed by atoms with Crippen LogP contribution in [0.4, 0.5) is 0 Å². The van der Waals surface area contributed by atoms with Crippen molar-refractivity contribution in [3.63, 3.8) is 0 Å². The van der Waals surface area contributed by atoms with Crippen LogP contribution in [0.2, 0.25) is 5.02 Å². The number of hydrogen-bond donors (Lipinski definition) is 1. The molecule has 2 aromatic heterocycles. The molecule has 3 heterocycles. The Hall–Kier alpha value is -2.70. The minimum Gasteiger partial charge on any atom is -0.359 e. The van der Waals surface area contributed by atoms with E-state index in [1.165, 1.54) is 0 Å². The molecular formula is C21H21ClN4O2. The molecule has 144 valence electrons. The number of carbonyl (C=O) groups is 1. The summed E-state index contributed by atoms with van der Waals surface area (Å²) >= 11 is 5.97. The first-order valence-corrected chi connectivity index (χ1v) is 9.50. The fraction of sp³-hybridized carbons (Fsp3) is 0.286. The molecule has 0 aliphatic carbocycles. The van der Waals surface area contributed by atoms with Gasteiger partial charge in [0.15, 0.2) is 5.76 Å². The summed E-state index contributed by atoms with van der Waals surface area (Å²) in [4.78, 5) is 19.0. The van der Waals surface area contributed by atoms with Crippen LogP contribution < -0.4 is 5.32 Å². The van der Waals surface area contributed by atoms with Gasteiger partial charge < -0.3 is 14.7 Å². The standard InChI is InChI=1S/C21H21ClN4O2/c1-26(12-18-9-19(25-28-18)16-3-2-8-23-11-16)20(27)21(13-24-14-21)10-15-4-6-17(22)7-5-15/h2-9,11,24H,10,12-14H2,1H3. The molecule has 28 heavy (non-hydrogen) atoms. The molecule has 0 spiro atoms. The molecule has 1 aliphatic rings. The van der Waals surface area contributed by atoms with Crippen molar-refractivity contribution in [2.24, 2.45) is 5.41 Å². The van der Waals surface area contributed by atoms with Gasteiger partial charge in [0.1, 0.15) is 5.69 Å². The Kier molecular flexibility index (Phi) is 5.15. The summed E-state index contributed by atoms with van der Waals surface area (Å²) < 4.78 is 5.43. The zero-order valence-corrected chi connectivity index (χ0v) is 16.3. The van der Waals surface area contributed by atoms with E-state index in [1.807, 2.05) is 42.5 Å². The van der Waals surface area contributed by atoms with Gasteiger partial charge in [-0.2, -0.15) is 0 Å². The van der Waals surface area contributed by atoms with E-state index in [-0.39, 0.29) is 5.91 Å². The van der Waals surface area contributed by atoms with Crippen molar-refractivity contribution < 1.29 is 9.32 Å². The van der Waals surface area contributed by atoms with E-state index in [4.69, 9.17) is 16.1 Å². The van der Waals surface area contributed by atoms with Crippen LogP contribution >= 0.6 is 11.6 Å². The number of nitrogens with zero attached hydrogens (tertiary/aromatic N) is 3. The molecule has 7 heteroatoms. The summed E-state index contributed by atoms with van der Waals surface area (Å²) in [6.45, 7) is 1.70. The number of nitrogens with one attached hydrogen (secondary N) is 1. The number of rotatable bonds is 6. The zero-order valence-electron chi connectivity index (χ0n) is 15.6. The second-order valence-corrected chi connectivity index (χ2v) is 7.70. The van der Waals surface area contributed by atoms with E-state index in [2.05, 4.69) is 15.5 Å². The smallest absolute Gasteiger partial charge is 0.231 e. The highest BCUT2D eigenvalue weighted by Crippen LogP contribution is 2.31. The molecule has 1 saturated heterocycles. The molecule has 0 bridgehead atoms. The Bertz CT molecular complexity index is 952. The average molecular weight is 397 g/mol. The topological polar surface area (TPSA) is 71.3 Å². The Balaban J connectivity index is 1.45. The van der Waals surface area contributed by atoms with Gasteiger partial charge in [-0.05, 0) is 36.2 Å². The van der Waals surface area contributed by atoms with Crippen molar-refractivity contribution in [3.05, 3.63) is 71.2 Å². The molecule has 4 rings (SSSR count). The molecule has 6 nitrogen and oxygen atoms in total. The number of carbonyl (C=O) groups excluding carboxylic acids is 1. The number of hydrogen-bond acceptors (Lipinski definition) is 5. The quantitative estimate of drug-likeness (QED) is 0.692. The first kappa shape index (κ1) is 18.7. The van der Waals surface area contributed by atoms with E-state index >= 15 is 0 Å². The minimum absolute atomic E-state index is 0.0977. The lowest BCUT2D eigenvalue weighted by Crippen LogP contribution is -2.62. The summed E-state index contributed by atoms with van der Waals surface area (Å²) in [6.07, 6.45) is 4.12. The lowest BCUT2D eigenvalue weighted by molar-refractivity contribution is -0.144. The van der Waals surface area contributed by atoms with E-state index in [0.29, 0.717) is 42.5 Å². The van der Waals surface area contributed by atoms with Crippen molar-refractivity contribution in [2.45, 2.75) is 13.0 Å². The second-order valence-electron chi connectivity index (χ2n) is 7.27. The lowest BCUT2D eigenvalue weighted by Gasteiger charge is -2.43. The molecule has 3 aromatic rings. The Morgan fingerprint density at radius 3 is 2.71 bits per heavy atom. The van der Waals surface area contributed by atoms with Gasteiger partial charge in [0.25, 0.3) is 0 Å². The number of halogens is 1. The Morgan fingerprint density at radius 1 is 1.29 bits per heavy atom. The van der Waals surface area contributed by atoms with Gasteiger partial charge in [-0.25, -0.2) is 0 Å². The molecule has 0 unspecified atom stereocenters. The van der Waals surface area contributed by atoms with Gasteiger partial charge >= 0.3 is 0 Å². The molecular weight excluding hydrogens is 376 g/mol. The lowest BCUT2D eigenvalue weighted by atomic mass is 9.75. The van der Waals surface area contributed by atoms with Crippen molar-refractivity contribution in [1.29, 1.82) is 0 Å². The summed E-state index contributed by atoms with van der Waals surface area (Å²) in [6, 6.07) is 13.3. The van der Waals surface area contributed by atoms with Gasteiger partial charge in [0.2, 0.25) is 5.91 Å². The maximum Gasteiger partial charge on any atom is 0.231 e. The maximum atomic E-state index is 13.2. The summed E-state index contributed by atoms with van der Waals surface area (Å²) in [7, 11) is 1.80. The van der Waals surface area contributed by atoms with E-state index in [1.54, 1.807) is 24.3 Å².